The number of carbonyl (C=O) groups excluding carboxylic acids is 1. The van der Waals surface area contributed by atoms with Crippen molar-refractivity contribution in [2.24, 2.45) is 0 Å². The Morgan fingerprint density at radius 2 is 1.85 bits per heavy atom. The van der Waals surface area contributed by atoms with Gasteiger partial charge in [0.25, 0.3) is 0 Å². The van der Waals surface area contributed by atoms with Crippen LogP contribution in [-0.2, 0) is 6.42 Å². The molecule has 0 saturated carbocycles. The zero-order valence-corrected chi connectivity index (χ0v) is 12.5. The van der Waals surface area contributed by atoms with Gasteiger partial charge in [-0.3, -0.25) is 4.79 Å². The molecular weight excluding hydrogens is 295 g/mol. The highest BCUT2D eigenvalue weighted by atomic mass is 35.5. The average Bonchev–Trinajstić information content (AvgIpc) is 2.48. The van der Waals surface area contributed by atoms with Crippen LogP contribution in [-0.4, -0.2) is 12.9 Å². The molecule has 4 heteroatoms. The van der Waals surface area contributed by atoms with Gasteiger partial charge in [0.1, 0.15) is 5.75 Å². The van der Waals surface area contributed by atoms with E-state index in [1.54, 1.807) is 25.3 Å². The number of aryl methyl sites for hydroxylation is 1. The molecule has 0 heterocycles. The zero-order valence-electron chi connectivity index (χ0n) is 11.0. The topological polar surface area (TPSA) is 26.3 Å². The second-order valence-corrected chi connectivity index (χ2v) is 5.12. The fourth-order valence-corrected chi connectivity index (χ4v) is 2.42. The molecule has 0 aromatic heterocycles. The number of benzene rings is 2. The zero-order chi connectivity index (χ0) is 14.5. The molecule has 0 radical (unpaired) electrons. The molecule has 104 valence electrons. The molecule has 0 aliphatic carbocycles. The molecule has 0 N–H and O–H groups in total. The maximum absolute atomic E-state index is 12.2. The van der Waals surface area contributed by atoms with E-state index in [0.29, 0.717) is 28.5 Å². The van der Waals surface area contributed by atoms with E-state index in [1.807, 2.05) is 24.3 Å². The second-order valence-electron chi connectivity index (χ2n) is 4.34. The van der Waals surface area contributed by atoms with Crippen LogP contribution in [0.25, 0.3) is 0 Å². The number of halogens is 2. The second kappa shape index (κ2) is 6.78. The van der Waals surface area contributed by atoms with Gasteiger partial charge in [-0.05, 0) is 30.2 Å². The highest BCUT2D eigenvalue weighted by Gasteiger charge is 2.13. The Morgan fingerprint density at radius 1 is 1.10 bits per heavy atom. The number of ketones is 1. The third-order valence-electron chi connectivity index (χ3n) is 3.07. The van der Waals surface area contributed by atoms with Crippen LogP contribution in [0.1, 0.15) is 22.3 Å². The van der Waals surface area contributed by atoms with Gasteiger partial charge in [-0.25, -0.2) is 0 Å². The minimum Gasteiger partial charge on any atom is -0.496 e. The van der Waals surface area contributed by atoms with E-state index in [4.69, 9.17) is 27.9 Å². The van der Waals surface area contributed by atoms with Crippen molar-refractivity contribution in [1.82, 2.24) is 0 Å². The molecule has 0 atom stereocenters. The highest BCUT2D eigenvalue weighted by Crippen LogP contribution is 2.27. The number of methoxy groups -OCH3 is 1. The Labute approximate surface area is 128 Å². The quantitative estimate of drug-likeness (QED) is 0.740. The van der Waals surface area contributed by atoms with Crippen molar-refractivity contribution < 1.29 is 9.53 Å². The molecule has 0 aliphatic heterocycles. The number of Topliss-reactive ketones (excluding diaryl/α,β-unsaturated/α-hetero) is 1. The van der Waals surface area contributed by atoms with Gasteiger partial charge in [-0.2, -0.15) is 0 Å². The van der Waals surface area contributed by atoms with E-state index in [2.05, 4.69) is 0 Å². The molecule has 20 heavy (non-hydrogen) atoms. The summed E-state index contributed by atoms with van der Waals surface area (Å²) in [6.45, 7) is 0. The monoisotopic (exact) mass is 308 g/mol. The molecule has 2 aromatic rings. The van der Waals surface area contributed by atoms with Crippen molar-refractivity contribution in [1.29, 1.82) is 0 Å². The molecule has 0 amide bonds. The lowest BCUT2D eigenvalue weighted by Gasteiger charge is -2.08. The predicted molar refractivity (Wildman–Crippen MR) is 82.1 cm³/mol. The fraction of sp³-hybridized carbons (Fsp3) is 0.188. The van der Waals surface area contributed by atoms with Gasteiger partial charge in [0.15, 0.2) is 5.78 Å². The lowest BCUT2D eigenvalue weighted by atomic mass is 10.0. The first-order valence-corrected chi connectivity index (χ1v) is 6.98. The third-order valence-corrected chi connectivity index (χ3v) is 3.88. The van der Waals surface area contributed by atoms with Gasteiger partial charge in [-0.15, -0.1) is 0 Å². The van der Waals surface area contributed by atoms with Crippen molar-refractivity contribution in [2.45, 2.75) is 12.8 Å². The van der Waals surface area contributed by atoms with Crippen LogP contribution in [0.4, 0.5) is 0 Å². The maximum atomic E-state index is 12.2. The summed E-state index contributed by atoms with van der Waals surface area (Å²) in [6, 6.07) is 12.7. The van der Waals surface area contributed by atoms with E-state index in [1.165, 1.54) is 0 Å². The maximum Gasteiger partial charge on any atom is 0.164 e. The molecule has 0 saturated heterocycles. The van der Waals surface area contributed by atoms with E-state index in [-0.39, 0.29) is 5.78 Å². The molecule has 2 nitrogen and oxygen atoms in total. The van der Waals surface area contributed by atoms with Crippen molar-refractivity contribution in [2.75, 3.05) is 7.11 Å². The number of carbonyl (C=O) groups is 1. The van der Waals surface area contributed by atoms with Crippen LogP contribution in [0.3, 0.4) is 0 Å². The predicted octanol–water partition coefficient (Wildman–Crippen LogP) is 4.82. The van der Waals surface area contributed by atoms with E-state index < -0.39 is 0 Å². The normalized spacial score (nSPS) is 10.3. The van der Waals surface area contributed by atoms with Crippen LogP contribution in [0, 0.1) is 0 Å². The van der Waals surface area contributed by atoms with Crippen molar-refractivity contribution in [3.63, 3.8) is 0 Å². The van der Waals surface area contributed by atoms with Crippen LogP contribution in [0.2, 0.25) is 10.0 Å². The highest BCUT2D eigenvalue weighted by molar-refractivity contribution is 6.43. The summed E-state index contributed by atoms with van der Waals surface area (Å²) in [7, 11) is 1.62. The molecule has 0 fully saturated rings. The number of rotatable bonds is 5. The lowest BCUT2D eigenvalue weighted by Crippen LogP contribution is -2.03. The molecule has 0 unspecified atom stereocenters. The SMILES string of the molecule is COc1ccccc1CCC(=O)c1cccc(Cl)c1Cl. The molecule has 0 bridgehead atoms. The number of hydrogen-bond acceptors (Lipinski definition) is 2. The van der Waals surface area contributed by atoms with Crippen molar-refractivity contribution >= 4 is 29.0 Å². The first-order chi connectivity index (χ1) is 9.63. The summed E-state index contributed by atoms with van der Waals surface area (Å²) in [4.78, 5) is 12.2. The molecule has 0 spiro atoms. The minimum atomic E-state index is -0.0246. The smallest absolute Gasteiger partial charge is 0.164 e. The number of para-hydroxylation sites is 1. The summed E-state index contributed by atoms with van der Waals surface area (Å²) >= 11 is 12.0. The average molecular weight is 309 g/mol. The summed E-state index contributed by atoms with van der Waals surface area (Å²) in [5, 5.41) is 0.717. The standard InChI is InChI=1S/C16H14Cl2O2/c1-20-15-8-3-2-5-11(15)9-10-14(19)12-6-4-7-13(17)16(12)18/h2-8H,9-10H2,1H3. The van der Waals surface area contributed by atoms with Crippen LogP contribution in [0.5, 0.6) is 5.75 Å². The third kappa shape index (κ3) is 3.33. The fourth-order valence-electron chi connectivity index (χ4n) is 2.01. The van der Waals surface area contributed by atoms with E-state index >= 15 is 0 Å². The van der Waals surface area contributed by atoms with Crippen LogP contribution >= 0.6 is 23.2 Å². The summed E-state index contributed by atoms with van der Waals surface area (Å²) in [6.07, 6.45) is 0.964. The summed E-state index contributed by atoms with van der Waals surface area (Å²) in [5.41, 5.74) is 1.47. The van der Waals surface area contributed by atoms with Gasteiger partial charge >= 0.3 is 0 Å². The minimum absolute atomic E-state index is 0.0246. The number of hydrogen-bond donors (Lipinski definition) is 0. The van der Waals surface area contributed by atoms with E-state index in [0.717, 1.165) is 11.3 Å². The number of ether oxygens (including phenoxy) is 1. The van der Waals surface area contributed by atoms with Gasteiger partial charge < -0.3 is 4.74 Å². The Morgan fingerprint density at radius 3 is 2.60 bits per heavy atom. The van der Waals surface area contributed by atoms with Gasteiger partial charge in [0.05, 0.1) is 17.2 Å². The largest absolute Gasteiger partial charge is 0.496 e. The van der Waals surface area contributed by atoms with Crippen molar-refractivity contribution in [3.8, 4) is 5.75 Å². The summed E-state index contributed by atoms with van der Waals surface area (Å²) in [5.74, 6) is 0.765. The Hall–Kier alpha value is -1.51. The Kier molecular flexibility index (Phi) is 5.05. The van der Waals surface area contributed by atoms with Gasteiger partial charge in [0.2, 0.25) is 0 Å². The van der Waals surface area contributed by atoms with Gasteiger partial charge in [-0.1, -0.05) is 47.5 Å². The van der Waals surface area contributed by atoms with Crippen LogP contribution in [0.15, 0.2) is 42.5 Å². The molecule has 2 rings (SSSR count). The molecule has 0 aliphatic rings. The Balaban J connectivity index is 2.11. The van der Waals surface area contributed by atoms with Crippen LogP contribution < -0.4 is 4.74 Å². The molecular formula is C16H14Cl2O2. The van der Waals surface area contributed by atoms with Gasteiger partial charge in [0, 0.05) is 12.0 Å². The first kappa shape index (κ1) is 14.9. The Bertz CT molecular complexity index is 624. The summed E-state index contributed by atoms with van der Waals surface area (Å²) < 4.78 is 5.27. The van der Waals surface area contributed by atoms with E-state index in [9.17, 15) is 4.79 Å². The molecule has 2 aromatic carbocycles. The first-order valence-electron chi connectivity index (χ1n) is 6.22. The van der Waals surface area contributed by atoms with Crippen molar-refractivity contribution in [3.05, 3.63) is 63.6 Å². The lowest BCUT2D eigenvalue weighted by molar-refractivity contribution is 0.0983.